The maximum absolute atomic E-state index is 14.2. The average molecular weight is 706 g/mol. The molecule has 0 spiro atoms. The van der Waals surface area contributed by atoms with Gasteiger partial charge >= 0.3 is 0 Å². The van der Waals surface area contributed by atoms with Crippen molar-refractivity contribution in [3.63, 3.8) is 0 Å². The quantitative estimate of drug-likeness (QED) is 0.155. The number of carbonyl (C=O) groups is 1. The Morgan fingerprint density at radius 1 is 1.00 bits per heavy atom. The standard InChI is InChI=1S/C36H46ClF2N3O5S/c1-4-14-42(15-5-2)48(45,46)32-20-26(19-28(37)22-32)35(44)41-33(18-25-16-29(38)23-30(39)17-25)34(43)24-40-36(12-7-6-8-13-36)27-10-9-11-31(21-27)47-3/h9-11,16-17,19-23,33-34,40,43H,4-8,12-15,18,24H2,1-3H3,(H,41,44)/t33-,34+/m0/s1. The number of amides is 1. The highest BCUT2D eigenvalue weighted by Crippen LogP contribution is 2.38. The van der Waals surface area contributed by atoms with E-state index in [0.717, 1.165) is 55.9 Å². The molecule has 12 heteroatoms. The number of methoxy groups -OCH3 is 1. The lowest BCUT2D eigenvalue weighted by molar-refractivity contribution is 0.0788. The van der Waals surface area contributed by atoms with Crippen LogP contribution >= 0.6 is 11.6 Å². The molecule has 8 nitrogen and oxygen atoms in total. The van der Waals surface area contributed by atoms with Gasteiger partial charge in [-0.2, -0.15) is 4.31 Å². The van der Waals surface area contributed by atoms with Gasteiger partial charge in [0.15, 0.2) is 0 Å². The van der Waals surface area contributed by atoms with Crippen LogP contribution in [0.1, 0.15) is 80.3 Å². The minimum absolute atomic E-state index is 0.0234. The molecule has 0 heterocycles. The minimum Gasteiger partial charge on any atom is -0.497 e. The van der Waals surface area contributed by atoms with Crippen molar-refractivity contribution in [2.75, 3.05) is 26.7 Å². The van der Waals surface area contributed by atoms with Gasteiger partial charge in [0.1, 0.15) is 17.4 Å². The predicted octanol–water partition coefficient (Wildman–Crippen LogP) is 6.59. The van der Waals surface area contributed by atoms with E-state index in [4.69, 9.17) is 16.3 Å². The molecule has 3 aromatic rings. The summed E-state index contributed by atoms with van der Waals surface area (Å²) in [5.41, 5.74) is 0.784. The second kappa shape index (κ2) is 17.0. The van der Waals surface area contributed by atoms with Crippen molar-refractivity contribution in [2.45, 2.75) is 87.8 Å². The number of carbonyl (C=O) groups excluding carboxylic acids is 1. The molecule has 0 aromatic heterocycles. The van der Waals surface area contributed by atoms with Crippen molar-refractivity contribution in [3.05, 3.63) is 94.0 Å². The number of nitrogens with one attached hydrogen (secondary N) is 2. The number of aliphatic hydroxyl groups is 1. The van der Waals surface area contributed by atoms with Gasteiger partial charge in [0.25, 0.3) is 5.91 Å². The van der Waals surface area contributed by atoms with Gasteiger partial charge in [0.05, 0.1) is 24.2 Å². The summed E-state index contributed by atoms with van der Waals surface area (Å²) in [4.78, 5) is 13.6. The lowest BCUT2D eigenvalue weighted by Crippen LogP contribution is -2.53. The van der Waals surface area contributed by atoms with Crippen LogP contribution in [-0.4, -0.2) is 62.6 Å². The van der Waals surface area contributed by atoms with Crippen LogP contribution in [0.3, 0.4) is 0 Å². The van der Waals surface area contributed by atoms with Gasteiger partial charge in [-0.15, -0.1) is 0 Å². The van der Waals surface area contributed by atoms with Gasteiger partial charge in [-0.1, -0.05) is 56.8 Å². The summed E-state index contributed by atoms with van der Waals surface area (Å²) < 4.78 is 62.2. The maximum atomic E-state index is 14.2. The molecular formula is C36H46ClF2N3O5S. The Morgan fingerprint density at radius 2 is 1.67 bits per heavy atom. The Labute approximate surface area is 287 Å². The SMILES string of the molecule is CCCN(CCC)S(=O)(=O)c1cc(Cl)cc(C(=O)N[C@@H](Cc2cc(F)cc(F)c2)[C@H](O)CNC2(c3cccc(OC)c3)CCCCC2)c1. The van der Waals surface area contributed by atoms with E-state index < -0.39 is 45.2 Å². The third-order valence-corrected chi connectivity index (χ3v) is 10.9. The lowest BCUT2D eigenvalue weighted by atomic mass is 9.76. The minimum atomic E-state index is -3.95. The molecule has 262 valence electrons. The van der Waals surface area contributed by atoms with E-state index in [-0.39, 0.29) is 34.0 Å². The number of nitrogens with zero attached hydrogens (tertiary/aromatic N) is 1. The number of hydrogen-bond donors (Lipinski definition) is 3. The highest BCUT2D eigenvalue weighted by atomic mass is 35.5. The molecule has 1 fully saturated rings. The van der Waals surface area contributed by atoms with E-state index in [1.165, 1.54) is 22.5 Å². The number of hydrogen-bond acceptors (Lipinski definition) is 6. The average Bonchev–Trinajstić information content (AvgIpc) is 3.06. The van der Waals surface area contributed by atoms with Crippen molar-refractivity contribution >= 4 is 27.5 Å². The number of halogens is 3. The van der Waals surface area contributed by atoms with Crippen LogP contribution in [0.4, 0.5) is 8.78 Å². The second-order valence-corrected chi connectivity index (χ2v) is 14.8. The summed E-state index contributed by atoms with van der Waals surface area (Å²) in [5.74, 6) is -1.54. The number of aliphatic hydroxyl groups excluding tert-OH is 1. The molecule has 0 bridgehead atoms. The monoisotopic (exact) mass is 705 g/mol. The van der Waals surface area contributed by atoms with Gasteiger partial charge in [0.2, 0.25) is 10.0 Å². The van der Waals surface area contributed by atoms with Crippen LogP contribution in [0.15, 0.2) is 65.6 Å². The Balaban J connectivity index is 1.63. The van der Waals surface area contributed by atoms with Crippen LogP contribution in [0, 0.1) is 11.6 Å². The molecule has 0 aliphatic heterocycles. The Bertz CT molecular complexity index is 1630. The van der Waals surface area contributed by atoms with E-state index in [1.807, 2.05) is 38.1 Å². The number of sulfonamides is 1. The van der Waals surface area contributed by atoms with E-state index in [1.54, 1.807) is 7.11 Å². The first-order chi connectivity index (χ1) is 22.9. The largest absolute Gasteiger partial charge is 0.497 e. The van der Waals surface area contributed by atoms with Gasteiger partial charge in [-0.3, -0.25) is 4.79 Å². The van der Waals surface area contributed by atoms with E-state index in [9.17, 15) is 27.1 Å². The van der Waals surface area contributed by atoms with Crippen molar-refractivity contribution in [1.29, 1.82) is 0 Å². The lowest BCUT2D eigenvalue weighted by Gasteiger charge is -2.40. The Morgan fingerprint density at radius 3 is 2.29 bits per heavy atom. The molecule has 0 saturated heterocycles. The highest BCUT2D eigenvalue weighted by molar-refractivity contribution is 7.89. The fourth-order valence-electron chi connectivity index (χ4n) is 6.45. The van der Waals surface area contributed by atoms with E-state index in [2.05, 4.69) is 10.6 Å². The fraction of sp³-hybridized carbons (Fsp3) is 0.472. The molecule has 2 atom stereocenters. The molecule has 3 N–H and O–H groups in total. The van der Waals surface area contributed by atoms with Crippen LogP contribution < -0.4 is 15.4 Å². The molecule has 48 heavy (non-hydrogen) atoms. The summed E-state index contributed by atoms with van der Waals surface area (Å²) in [5, 5.41) is 18.0. The predicted molar refractivity (Wildman–Crippen MR) is 184 cm³/mol. The van der Waals surface area contributed by atoms with Crippen LogP contribution in [0.5, 0.6) is 5.75 Å². The summed E-state index contributed by atoms with van der Waals surface area (Å²) in [6, 6.07) is 13.8. The number of benzene rings is 3. The summed E-state index contributed by atoms with van der Waals surface area (Å²) in [7, 11) is -2.34. The van der Waals surface area contributed by atoms with Crippen molar-refractivity contribution in [1.82, 2.24) is 14.9 Å². The second-order valence-electron chi connectivity index (χ2n) is 12.5. The Kier molecular flexibility index (Phi) is 13.4. The third kappa shape index (κ3) is 9.53. The molecule has 0 radical (unpaired) electrons. The smallest absolute Gasteiger partial charge is 0.251 e. The van der Waals surface area contributed by atoms with E-state index >= 15 is 0 Å². The maximum Gasteiger partial charge on any atom is 0.251 e. The zero-order valence-corrected chi connectivity index (χ0v) is 29.3. The first kappa shape index (κ1) is 37.7. The summed E-state index contributed by atoms with van der Waals surface area (Å²) in [6.07, 6.45) is 4.64. The molecule has 1 saturated carbocycles. The molecular weight excluding hydrogens is 660 g/mol. The molecule has 1 aliphatic rings. The van der Waals surface area contributed by atoms with Crippen LogP contribution in [-0.2, 0) is 22.0 Å². The van der Waals surface area contributed by atoms with Crippen LogP contribution in [0.25, 0.3) is 0 Å². The third-order valence-electron chi connectivity index (χ3n) is 8.86. The number of rotatable bonds is 16. The van der Waals surface area contributed by atoms with Gasteiger partial charge < -0.3 is 20.5 Å². The first-order valence-corrected chi connectivity index (χ1v) is 18.4. The zero-order valence-electron chi connectivity index (χ0n) is 27.8. The van der Waals surface area contributed by atoms with E-state index in [0.29, 0.717) is 31.7 Å². The fourth-order valence-corrected chi connectivity index (χ4v) is 8.44. The molecule has 4 rings (SSSR count). The van der Waals surface area contributed by atoms with Crippen LogP contribution in [0.2, 0.25) is 5.02 Å². The molecule has 1 amide bonds. The molecule has 3 aromatic carbocycles. The van der Waals surface area contributed by atoms with Gasteiger partial charge in [-0.05, 0) is 85.7 Å². The summed E-state index contributed by atoms with van der Waals surface area (Å²) in [6.45, 7) is 4.44. The Hall–Kier alpha value is -3.09. The summed E-state index contributed by atoms with van der Waals surface area (Å²) >= 11 is 6.34. The highest BCUT2D eigenvalue weighted by Gasteiger charge is 2.35. The molecule has 0 unspecified atom stereocenters. The first-order valence-electron chi connectivity index (χ1n) is 16.5. The van der Waals surface area contributed by atoms with Crippen molar-refractivity contribution < 1.29 is 31.8 Å². The van der Waals surface area contributed by atoms with Gasteiger partial charge in [-0.25, -0.2) is 17.2 Å². The number of ether oxygens (including phenoxy) is 1. The zero-order chi connectivity index (χ0) is 34.9. The van der Waals surface area contributed by atoms with Crippen molar-refractivity contribution in [2.24, 2.45) is 0 Å². The topological polar surface area (TPSA) is 108 Å². The normalized spacial score (nSPS) is 16.0. The van der Waals surface area contributed by atoms with Crippen molar-refractivity contribution in [3.8, 4) is 5.75 Å². The van der Waals surface area contributed by atoms with Gasteiger partial charge in [0, 0.05) is 41.8 Å². The molecule has 1 aliphatic carbocycles.